The van der Waals surface area contributed by atoms with Gasteiger partial charge in [-0.1, -0.05) is 13.8 Å². The van der Waals surface area contributed by atoms with Crippen LogP contribution in [0.4, 0.5) is 0 Å². The molecular formula is C9H14O3S. The van der Waals surface area contributed by atoms with Crippen LogP contribution in [0.25, 0.3) is 0 Å². The van der Waals surface area contributed by atoms with Gasteiger partial charge >= 0.3 is 0 Å². The van der Waals surface area contributed by atoms with E-state index in [-0.39, 0.29) is 11.4 Å². The van der Waals surface area contributed by atoms with Crippen molar-refractivity contribution in [3.63, 3.8) is 0 Å². The van der Waals surface area contributed by atoms with E-state index >= 15 is 0 Å². The Balaban J connectivity index is 2.14. The van der Waals surface area contributed by atoms with Crippen molar-refractivity contribution in [2.45, 2.75) is 31.6 Å². The van der Waals surface area contributed by atoms with Crippen molar-refractivity contribution < 1.29 is 12.6 Å². The second-order valence-corrected chi connectivity index (χ2v) is 6.52. The molecule has 1 aliphatic heterocycles. The molecule has 3 nitrogen and oxygen atoms in total. The summed E-state index contributed by atoms with van der Waals surface area (Å²) >= 11 is 0. The monoisotopic (exact) mass is 202 g/mol. The van der Waals surface area contributed by atoms with Crippen molar-refractivity contribution in [3.8, 4) is 0 Å². The van der Waals surface area contributed by atoms with Gasteiger partial charge in [-0.2, -0.15) is 8.42 Å². The minimum absolute atomic E-state index is 0.0104. The second-order valence-electron chi connectivity index (χ2n) is 4.80. The first-order chi connectivity index (χ1) is 6.02. The number of hydrogen-bond donors (Lipinski definition) is 0. The fourth-order valence-electron chi connectivity index (χ4n) is 3.80. The van der Waals surface area contributed by atoms with Crippen molar-refractivity contribution >= 4 is 10.1 Å². The topological polar surface area (TPSA) is 43.4 Å². The Bertz CT molecular complexity index is 348. The zero-order valence-corrected chi connectivity index (χ0v) is 8.62. The molecule has 3 aliphatic rings. The maximum atomic E-state index is 11.6. The first-order valence-electron chi connectivity index (χ1n) is 4.94. The van der Waals surface area contributed by atoms with E-state index in [0.29, 0.717) is 23.7 Å². The van der Waals surface area contributed by atoms with Gasteiger partial charge in [0, 0.05) is 5.92 Å². The minimum Gasteiger partial charge on any atom is -0.266 e. The Kier molecular flexibility index (Phi) is 1.34. The predicted molar refractivity (Wildman–Crippen MR) is 47.5 cm³/mol. The molecule has 74 valence electrons. The first-order valence-corrected chi connectivity index (χ1v) is 6.41. The molecule has 0 radical (unpaired) electrons. The Morgan fingerprint density at radius 3 is 2.46 bits per heavy atom. The van der Waals surface area contributed by atoms with Gasteiger partial charge in [0.1, 0.15) is 0 Å². The van der Waals surface area contributed by atoms with Gasteiger partial charge in [-0.25, -0.2) is 0 Å². The standard InChI is InChI=1S/C9H14O3S/c1-4-6-3-7-8(4)12-13(10,11)9(7)5(6)2/h4-9H,3H2,1-2H3/t4?,5?,6?,7?,8?,9-/m0/s1. The summed E-state index contributed by atoms with van der Waals surface area (Å²) in [6, 6.07) is 0. The average molecular weight is 202 g/mol. The summed E-state index contributed by atoms with van der Waals surface area (Å²) in [4.78, 5) is 0. The second kappa shape index (κ2) is 2.11. The van der Waals surface area contributed by atoms with E-state index in [1.807, 2.05) is 0 Å². The van der Waals surface area contributed by atoms with Crippen LogP contribution in [0.15, 0.2) is 0 Å². The largest absolute Gasteiger partial charge is 0.271 e. The zero-order chi connectivity index (χ0) is 9.38. The maximum Gasteiger partial charge on any atom is 0.271 e. The van der Waals surface area contributed by atoms with Gasteiger partial charge in [0.2, 0.25) is 0 Å². The van der Waals surface area contributed by atoms with Crippen LogP contribution in [0.3, 0.4) is 0 Å². The Morgan fingerprint density at radius 1 is 1.15 bits per heavy atom. The van der Waals surface area contributed by atoms with E-state index < -0.39 is 10.1 Å². The third kappa shape index (κ3) is 0.773. The molecule has 0 aromatic rings. The highest BCUT2D eigenvalue weighted by Crippen LogP contribution is 2.59. The van der Waals surface area contributed by atoms with E-state index in [1.165, 1.54) is 0 Å². The van der Waals surface area contributed by atoms with Gasteiger partial charge in [0.15, 0.2) is 0 Å². The smallest absolute Gasteiger partial charge is 0.266 e. The number of hydrogen-bond acceptors (Lipinski definition) is 3. The van der Waals surface area contributed by atoms with E-state index in [9.17, 15) is 8.42 Å². The molecule has 5 unspecified atom stereocenters. The molecule has 1 saturated heterocycles. The normalized spacial score (nSPS) is 61.7. The van der Waals surface area contributed by atoms with E-state index in [0.717, 1.165) is 6.42 Å². The van der Waals surface area contributed by atoms with Crippen molar-refractivity contribution in [3.05, 3.63) is 0 Å². The lowest BCUT2D eigenvalue weighted by atomic mass is 9.81. The average Bonchev–Trinajstić information content (AvgIpc) is 2.54. The highest BCUT2D eigenvalue weighted by atomic mass is 32.2. The molecule has 0 N–H and O–H groups in total. The number of rotatable bonds is 0. The van der Waals surface area contributed by atoms with Gasteiger partial charge in [-0.05, 0) is 24.2 Å². The van der Waals surface area contributed by atoms with Crippen LogP contribution in [0, 0.1) is 23.7 Å². The van der Waals surface area contributed by atoms with E-state index in [2.05, 4.69) is 13.8 Å². The summed E-state index contributed by atoms with van der Waals surface area (Å²) in [5.74, 6) is 1.63. The lowest BCUT2D eigenvalue weighted by Gasteiger charge is -2.26. The summed E-state index contributed by atoms with van der Waals surface area (Å²) < 4.78 is 28.4. The van der Waals surface area contributed by atoms with E-state index in [4.69, 9.17) is 4.18 Å². The highest BCUT2D eigenvalue weighted by molar-refractivity contribution is 7.87. The molecule has 13 heavy (non-hydrogen) atoms. The van der Waals surface area contributed by atoms with E-state index in [1.54, 1.807) is 0 Å². The summed E-state index contributed by atoms with van der Waals surface area (Å²) in [6.45, 7) is 4.19. The van der Waals surface area contributed by atoms with Gasteiger partial charge in [0.25, 0.3) is 10.1 Å². The van der Waals surface area contributed by atoms with Crippen LogP contribution >= 0.6 is 0 Å². The minimum atomic E-state index is -3.21. The molecule has 0 spiro atoms. The predicted octanol–water partition coefficient (Wildman–Crippen LogP) is 1.01. The molecule has 1 heterocycles. The summed E-state index contributed by atoms with van der Waals surface area (Å²) in [7, 11) is -3.21. The molecule has 0 aromatic carbocycles. The molecule has 0 amide bonds. The van der Waals surface area contributed by atoms with Crippen LogP contribution in [0.1, 0.15) is 20.3 Å². The SMILES string of the molecule is CC1C2CC3C1OS(=O)(=O)[C@H]3C2C. The third-order valence-electron chi connectivity index (χ3n) is 4.35. The maximum absolute atomic E-state index is 11.6. The molecule has 2 bridgehead atoms. The quantitative estimate of drug-likeness (QED) is 0.550. The fourth-order valence-corrected chi connectivity index (χ4v) is 5.98. The van der Waals surface area contributed by atoms with Crippen molar-refractivity contribution in [2.24, 2.45) is 23.7 Å². The van der Waals surface area contributed by atoms with Crippen molar-refractivity contribution in [1.29, 1.82) is 0 Å². The Morgan fingerprint density at radius 2 is 1.85 bits per heavy atom. The fraction of sp³-hybridized carbons (Fsp3) is 1.00. The van der Waals surface area contributed by atoms with Crippen LogP contribution in [-0.2, 0) is 14.3 Å². The van der Waals surface area contributed by atoms with Crippen molar-refractivity contribution in [2.75, 3.05) is 0 Å². The number of fused-ring (bicyclic) bond motifs is 1. The highest BCUT2D eigenvalue weighted by Gasteiger charge is 2.65. The summed E-state index contributed by atoms with van der Waals surface area (Å²) in [5.41, 5.74) is 0. The first kappa shape index (κ1) is 8.24. The molecule has 4 heteroatoms. The molecule has 3 fully saturated rings. The van der Waals surface area contributed by atoms with Gasteiger partial charge in [-0.3, -0.25) is 4.18 Å². The third-order valence-corrected chi connectivity index (χ3v) is 6.29. The Hall–Kier alpha value is -0.0900. The van der Waals surface area contributed by atoms with Gasteiger partial charge < -0.3 is 0 Å². The molecule has 0 aromatic heterocycles. The Labute approximate surface area is 78.6 Å². The lowest BCUT2D eigenvalue weighted by Crippen LogP contribution is -2.33. The molecule has 2 saturated carbocycles. The van der Waals surface area contributed by atoms with Crippen LogP contribution in [0.2, 0.25) is 0 Å². The lowest BCUT2D eigenvalue weighted by molar-refractivity contribution is 0.123. The van der Waals surface area contributed by atoms with Crippen LogP contribution in [0.5, 0.6) is 0 Å². The molecular weight excluding hydrogens is 188 g/mol. The summed E-state index contributed by atoms with van der Waals surface area (Å²) in [5, 5.41) is -0.182. The molecule has 2 aliphatic carbocycles. The molecule has 6 atom stereocenters. The van der Waals surface area contributed by atoms with Gasteiger partial charge in [-0.15, -0.1) is 0 Å². The zero-order valence-electron chi connectivity index (χ0n) is 7.80. The summed E-state index contributed by atoms with van der Waals surface area (Å²) in [6.07, 6.45) is 1.08. The molecule has 3 rings (SSSR count). The van der Waals surface area contributed by atoms with Crippen molar-refractivity contribution in [1.82, 2.24) is 0 Å². The van der Waals surface area contributed by atoms with Crippen LogP contribution in [-0.4, -0.2) is 19.8 Å². The van der Waals surface area contributed by atoms with Crippen LogP contribution < -0.4 is 0 Å². The van der Waals surface area contributed by atoms with Gasteiger partial charge in [0.05, 0.1) is 11.4 Å².